The lowest BCUT2D eigenvalue weighted by molar-refractivity contribution is -0.120. The van der Waals surface area contributed by atoms with Gasteiger partial charge in [0.2, 0.25) is 5.91 Å². The summed E-state index contributed by atoms with van der Waals surface area (Å²) in [6.07, 6.45) is 1.03. The van der Waals surface area contributed by atoms with Gasteiger partial charge in [-0.05, 0) is 12.8 Å². The molecule has 0 aromatic rings. The molecule has 0 aliphatic rings. The Morgan fingerprint density at radius 2 is 1.93 bits per heavy atom. The Balaban J connectivity index is 4.52. The van der Waals surface area contributed by atoms with Gasteiger partial charge in [0.25, 0.3) is 0 Å². The van der Waals surface area contributed by atoms with Crippen molar-refractivity contribution in [1.82, 2.24) is 5.32 Å². The van der Waals surface area contributed by atoms with Crippen molar-refractivity contribution in [2.24, 2.45) is 11.7 Å². The van der Waals surface area contributed by atoms with Gasteiger partial charge in [-0.1, -0.05) is 13.8 Å². The number of amides is 1. The molecule has 90 valence electrons. The standard InChI is InChI=1S/C9H20N2O3S/c1-7(2)9(3,6-10)11-8(12)5-15(4,13)14/h7H,5-6,10H2,1-4H3,(H,11,12). The molecule has 0 heterocycles. The van der Waals surface area contributed by atoms with Gasteiger partial charge in [0.1, 0.15) is 5.75 Å². The summed E-state index contributed by atoms with van der Waals surface area (Å²) in [6, 6.07) is 0. The Kier molecular flexibility index (Phi) is 4.73. The highest BCUT2D eigenvalue weighted by atomic mass is 32.2. The summed E-state index contributed by atoms with van der Waals surface area (Å²) in [5, 5.41) is 2.66. The summed E-state index contributed by atoms with van der Waals surface area (Å²) in [5.74, 6) is -0.847. The number of sulfone groups is 1. The molecule has 15 heavy (non-hydrogen) atoms. The van der Waals surface area contributed by atoms with Crippen LogP contribution in [0.3, 0.4) is 0 Å². The summed E-state index contributed by atoms with van der Waals surface area (Å²) in [5.41, 5.74) is 5.00. The monoisotopic (exact) mass is 236 g/mol. The Bertz CT molecular complexity index is 324. The van der Waals surface area contributed by atoms with E-state index in [2.05, 4.69) is 5.32 Å². The molecule has 0 fully saturated rings. The third-order valence-electron chi connectivity index (χ3n) is 2.52. The van der Waals surface area contributed by atoms with Gasteiger partial charge < -0.3 is 11.1 Å². The largest absolute Gasteiger partial charge is 0.349 e. The topological polar surface area (TPSA) is 89.3 Å². The number of carbonyl (C=O) groups excluding carboxylic acids is 1. The summed E-state index contributed by atoms with van der Waals surface area (Å²) in [7, 11) is -3.28. The van der Waals surface area contributed by atoms with E-state index in [4.69, 9.17) is 5.73 Å². The summed E-state index contributed by atoms with van der Waals surface area (Å²) >= 11 is 0. The van der Waals surface area contributed by atoms with E-state index in [1.54, 1.807) is 6.92 Å². The van der Waals surface area contributed by atoms with Crippen LogP contribution >= 0.6 is 0 Å². The lowest BCUT2D eigenvalue weighted by atomic mass is 9.88. The normalized spacial score (nSPS) is 16.1. The SMILES string of the molecule is CC(C)C(C)(CN)NC(=O)CS(C)(=O)=O. The van der Waals surface area contributed by atoms with Crippen LogP contribution in [0.5, 0.6) is 0 Å². The number of carbonyl (C=O) groups is 1. The second-order valence-corrected chi connectivity index (χ2v) is 6.53. The van der Waals surface area contributed by atoms with E-state index >= 15 is 0 Å². The minimum Gasteiger partial charge on any atom is -0.349 e. The third kappa shape index (κ3) is 5.13. The highest BCUT2D eigenvalue weighted by Gasteiger charge is 2.29. The fourth-order valence-corrected chi connectivity index (χ4v) is 1.57. The molecule has 0 aromatic heterocycles. The van der Waals surface area contributed by atoms with Gasteiger partial charge in [0.15, 0.2) is 9.84 Å². The fourth-order valence-electron chi connectivity index (χ4n) is 1.02. The van der Waals surface area contributed by atoms with E-state index in [1.807, 2.05) is 13.8 Å². The van der Waals surface area contributed by atoms with Crippen molar-refractivity contribution in [3.63, 3.8) is 0 Å². The summed E-state index contributed by atoms with van der Waals surface area (Å²) in [4.78, 5) is 11.4. The zero-order valence-electron chi connectivity index (χ0n) is 9.70. The van der Waals surface area contributed by atoms with Crippen molar-refractivity contribution >= 4 is 15.7 Å². The average Bonchev–Trinajstić information content (AvgIpc) is 1.99. The van der Waals surface area contributed by atoms with Crippen LogP contribution in [0.2, 0.25) is 0 Å². The van der Waals surface area contributed by atoms with Gasteiger partial charge in [-0.25, -0.2) is 8.42 Å². The molecular weight excluding hydrogens is 216 g/mol. The van der Waals surface area contributed by atoms with Crippen LogP contribution in [-0.4, -0.2) is 38.4 Å². The van der Waals surface area contributed by atoms with Crippen LogP contribution in [0, 0.1) is 5.92 Å². The molecule has 6 heteroatoms. The van der Waals surface area contributed by atoms with Crippen molar-refractivity contribution < 1.29 is 13.2 Å². The predicted molar refractivity (Wildman–Crippen MR) is 60.2 cm³/mol. The maximum Gasteiger partial charge on any atom is 0.235 e. The van der Waals surface area contributed by atoms with Gasteiger partial charge >= 0.3 is 0 Å². The van der Waals surface area contributed by atoms with E-state index < -0.39 is 27.0 Å². The molecule has 1 atom stereocenters. The Labute approximate surface area is 91.3 Å². The van der Waals surface area contributed by atoms with Gasteiger partial charge in [-0.2, -0.15) is 0 Å². The molecule has 0 bridgehead atoms. The molecular formula is C9H20N2O3S. The lowest BCUT2D eigenvalue weighted by Gasteiger charge is -2.33. The van der Waals surface area contributed by atoms with E-state index in [0.29, 0.717) is 0 Å². The molecule has 0 rings (SSSR count). The van der Waals surface area contributed by atoms with Gasteiger partial charge in [-0.15, -0.1) is 0 Å². The third-order valence-corrected chi connectivity index (χ3v) is 3.30. The van der Waals surface area contributed by atoms with Crippen molar-refractivity contribution in [2.45, 2.75) is 26.3 Å². The first-order chi connectivity index (χ1) is 6.60. The van der Waals surface area contributed by atoms with Crippen LogP contribution in [0.15, 0.2) is 0 Å². The first kappa shape index (κ1) is 14.4. The van der Waals surface area contributed by atoms with E-state index in [9.17, 15) is 13.2 Å². The molecule has 1 unspecified atom stereocenters. The number of rotatable bonds is 5. The number of nitrogens with two attached hydrogens (primary N) is 1. The molecule has 0 saturated carbocycles. The van der Waals surface area contributed by atoms with Crippen molar-refractivity contribution in [3.05, 3.63) is 0 Å². The zero-order valence-corrected chi connectivity index (χ0v) is 10.5. The number of hydrogen-bond donors (Lipinski definition) is 2. The highest BCUT2D eigenvalue weighted by molar-refractivity contribution is 7.91. The Morgan fingerprint density at radius 3 is 2.20 bits per heavy atom. The molecule has 5 nitrogen and oxygen atoms in total. The maximum absolute atomic E-state index is 11.4. The molecule has 0 saturated heterocycles. The molecule has 0 spiro atoms. The van der Waals surface area contributed by atoms with E-state index in [0.717, 1.165) is 6.26 Å². The van der Waals surface area contributed by atoms with Crippen molar-refractivity contribution in [1.29, 1.82) is 0 Å². The van der Waals surface area contributed by atoms with Gasteiger partial charge in [0.05, 0.1) is 5.54 Å². The lowest BCUT2D eigenvalue weighted by Crippen LogP contribution is -2.56. The Morgan fingerprint density at radius 1 is 1.47 bits per heavy atom. The molecule has 0 radical (unpaired) electrons. The molecule has 1 amide bonds. The van der Waals surface area contributed by atoms with Crippen molar-refractivity contribution in [2.75, 3.05) is 18.6 Å². The van der Waals surface area contributed by atoms with Crippen LogP contribution in [-0.2, 0) is 14.6 Å². The first-order valence-corrected chi connectivity index (χ1v) is 6.85. The Hall–Kier alpha value is -0.620. The van der Waals surface area contributed by atoms with Gasteiger partial charge in [-0.3, -0.25) is 4.79 Å². The zero-order chi connectivity index (χ0) is 12.3. The van der Waals surface area contributed by atoms with Crippen LogP contribution in [0.1, 0.15) is 20.8 Å². The van der Waals surface area contributed by atoms with E-state index in [1.165, 1.54) is 0 Å². The predicted octanol–water partition coefficient (Wildman–Crippen LogP) is -0.479. The fraction of sp³-hybridized carbons (Fsp3) is 0.889. The van der Waals surface area contributed by atoms with Crippen LogP contribution < -0.4 is 11.1 Å². The quantitative estimate of drug-likeness (QED) is 0.675. The highest BCUT2D eigenvalue weighted by Crippen LogP contribution is 2.14. The molecule has 0 aliphatic carbocycles. The number of hydrogen-bond acceptors (Lipinski definition) is 4. The summed E-state index contributed by atoms with van der Waals surface area (Å²) in [6.45, 7) is 5.93. The van der Waals surface area contributed by atoms with E-state index in [-0.39, 0.29) is 12.5 Å². The minimum absolute atomic E-state index is 0.144. The second kappa shape index (κ2) is 4.94. The maximum atomic E-state index is 11.4. The van der Waals surface area contributed by atoms with Crippen LogP contribution in [0.4, 0.5) is 0 Å². The van der Waals surface area contributed by atoms with Crippen LogP contribution in [0.25, 0.3) is 0 Å². The smallest absolute Gasteiger partial charge is 0.235 e. The van der Waals surface area contributed by atoms with Gasteiger partial charge in [0, 0.05) is 12.8 Å². The molecule has 3 N–H and O–H groups in total. The molecule has 0 aromatic carbocycles. The summed E-state index contributed by atoms with van der Waals surface area (Å²) < 4.78 is 21.8. The average molecular weight is 236 g/mol. The molecule has 0 aliphatic heterocycles. The number of nitrogens with one attached hydrogen (secondary N) is 1. The minimum atomic E-state index is -3.28. The second-order valence-electron chi connectivity index (χ2n) is 4.39. The van der Waals surface area contributed by atoms with Crippen molar-refractivity contribution in [3.8, 4) is 0 Å². The first-order valence-electron chi connectivity index (χ1n) is 4.79.